The van der Waals surface area contributed by atoms with Gasteiger partial charge in [-0.05, 0) is 33.5 Å². The Morgan fingerprint density at radius 3 is 2.44 bits per heavy atom. The quantitative estimate of drug-likeness (QED) is 0.840. The van der Waals surface area contributed by atoms with Crippen LogP contribution in [0, 0.1) is 5.82 Å². The highest BCUT2D eigenvalue weighted by Gasteiger charge is 2.20. The molecule has 0 aliphatic rings. The van der Waals surface area contributed by atoms with E-state index in [4.69, 9.17) is 0 Å². The number of aromatic nitrogens is 1. The average molecular weight is 311 g/mol. The number of rotatable bonds is 1. The van der Waals surface area contributed by atoms with Gasteiger partial charge >= 0.3 is 0 Å². The first-order valence-electron chi connectivity index (χ1n) is 5.81. The van der Waals surface area contributed by atoms with Crippen LogP contribution in [-0.2, 0) is 5.41 Å². The van der Waals surface area contributed by atoms with E-state index in [0.717, 1.165) is 16.8 Å². The molecule has 0 spiro atoms. The Morgan fingerprint density at radius 1 is 1.22 bits per heavy atom. The lowest BCUT2D eigenvalue weighted by Gasteiger charge is -2.22. The highest BCUT2D eigenvalue weighted by atomic mass is 79.9. The molecule has 0 atom stereocenters. The summed E-state index contributed by atoms with van der Waals surface area (Å²) in [5.41, 5.74) is 1.77. The number of fused-ring (bicyclic) bond motifs is 1. The summed E-state index contributed by atoms with van der Waals surface area (Å²) in [7, 11) is 1.83. The van der Waals surface area contributed by atoms with Crippen LogP contribution in [-0.4, -0.2) is 12.0 Å². The highest BCUT2D eigenvalue weighted by molar-refractivity contribution is 9.10. The number of halogens is 2. The maximum atomic E-state index is 13.5. The molecule has 96 valence electrons. The van der Waals surface area contributed by atoms with Gasteiger partial charge in [-0.1, -0.05) is 20.8 Å². The van der Waals surface area contributed by atoms with Gasteiger partial charge in [0, 0.05) is 24.1 Å². The van der Waals surface area contributed by atoms with Gasteiger partial charge in [-0.15, -0.1) is 0 Å². The SMILES string of the molecule is CNc1nc2cc(F)c(Br)cc2cc1C(C)(C)C. The minimum atomic E-state index is -0.291. The molecule has 4 heteroatoms. The number of hydrogen-bond acceptors (Lipinski definition) is 2. The molecule has 2 nitrogen and oxygen atoms in total. The summed E-state index contributed by atoms with van der Waals surface area (Å²) < 4.78 is 14.0. The molecule has 18 heavy (non-hydrogen) atoms. The molecule has 0 unspecified atom stereocenters. The van der Waals surface area contributed by atoms with Crippen molar-refractivity contribution in [1.29, 1.82) is 0 Å². The van der Waals surface area contributed by atoms with Crippen molar-refractivity contribution in [3.05, 3.63) is 34.1 Å². The number of pyridine rings is 1. The minimum Gasteiger partial charge on any atom is -0.373 e. The van der Waals surface area contributed by atoms with E-state index in [2.05, 4.69) is 53.1 Å². The summed E-state index contributed by atoms with van der Waals surface area (Å²) in [5.74, 6) is 0.511. The van der Waals surface area contributed by atoms with Gasteiger partial charge in [-0.3, -0.25) is 0 Å². The summed E-state index contributed by atoms with van der Waals surface area (Å²) >= 11 is 3.21. The maximum absolute atomic E-state index is 13.5. The van der Waals surface area contributed by atoms with Gasteiger partial charge in [-0.2, -0.15) is 0 Å². The summed E-state index contributed by atoms with van der Waals surface area (Å²) in [6.07, 6.45) is 0. The van der Waals surface area contributed by atoms with E-state index >= 15 is 0 Å². The Bertz CT molecular complexity index is 603. The van der Waals surface area contributed by atoms with Gasteiger partial charge in [-0.25, -0.2) is 9.37 Å². The van der Waals surface area contributed by atoms with Gasteiger partial charge in [0.2, 0.25) is 0 Å². The molecule has 2 aromatic rings. The predicted molar refractivity (Wildman–Crippen MR) is 77.6 cm³/mol. The molecule has 1 heterocycles. The molecular weight excluding hydrogens is 295 g/mol. The van der Waals surface area contributed by atoms with E-state index in [1.807, 2.05) is 7.05 Å². The van der Waals surface area contributed by atoms with Gasteiger partial charge in [0.15, 0.2) is 0 Å². The lowest BCUT2D eigenvalue weighted by Crippen LogP contribution is -2.15. The van der Waals surface area contributed by atoms with E-state index in [1.54, 1.807) is 6.07 Å². The van der Waals surface area contributed by atoms with E-state index in [9.17, 15) is 4.39 Å². The molecule has 0 fully saturated rings. The lowest BCUT2D eigenvalue weighted by atomic mass is 9.86. The third-order valence-corrected chi connectivity index (χ3v) is 3.51. The smallest absolute Gasteiger partial charge is 0.139 e. The van der Waals surface area contributed by atoms with Gasteiger partial charge in [0.25, 0.3) is 0 Å². The van der Waals surface area contributed by atoms with Crippen LogP contribution in [0.15, 0.2) is 22.7 Å². The molecule has 0 saturated carbocycles. The average Bonchev–Trinajstić information content (AvgIpc) is 2.28. The van der Waals surface area contributed by atoms with E-state index in [-0.39, 0.29) is 11.2 Å². The fraction of sp³-hybridized carbons (Fsp3) is 0.357. The zero-order chi connectivity index (χ0) is 13.5. The van der Waals surface area contributed by atoms with Crippen molar-refractivity contribution >= 4 is 32.7 Å². The van der Waals surface area contributed by atoms with Gasteiger partial charge < -0.3 is 5.32 Å². The second kappa shape index (κ2) is 4.50. The van der Waals surface area contributed by atoms with Crippen molar-refractivity contribution in [2.24, 2.45) is 0 Å². The van der Waals surface area contributed by atoms with Crippen molar-refractivity contribution < 1.29 is 4.39 Å². The molecule has 0 saturated heterocycles. The van der Waals surface area contributed by atoms with Crippen molar-refractivity contribution in [1.82, 2.24) is 4.98 Å². The molecule has 0 bridgehead atoms. The van der Waals surface area contributed by atoms with Crippen LogP contribution in [0.2, 0.25) is 0 Å². The lowest BCUT2D eigenvalue weighted by molar-refractivity contribution is 0.590. The van der Waals surface area contributed by atoms with E-state index in [0.29, 0.717) is 9.99 Å². The van der Waals surface area contributed by atoms with Crippen LogP contribution in [0.1, 0.15) is 26.3 Å². The number of benzene rings is 1. The summed E-state index contributed by atoms with van der Waals surface area (Å²) in [6.45, 7) is 6.40. The van der Waals surface area contributed by atoms with E-state index in [1.165, 1.54) is 6.07 Å². The van der Waals surface area contributed by atoms with Crippen LogP contribution < -0.4 is 5.32 Å². The molecular formula is C14H16BrFN2. The molecule has 0 amide bonds. The number of nitrogens with one attached hydrogen (secondary N) is 1. The van der Waals surface area contributed by atoms with Crippen molar-refractivity contribution in [2.45, 2.75) is 26.2 Å². The molecule has 0 aliphatic heterocycles. The largest absolute Gasteiger partial charge is 0.373 e. The number of hydrogen-bond donors (Lipinski definition) is 1. The Balaban J connectivity index is 2.77. The zero-order valence-corrected chi connectivity index (χ0v) is 12.5. The molecule has 1 N–H and O–H groups in total. The van der Waals surface area contributed by atoms with E-state index < -0.39 is 0 Å². The standard InChI is InChI=1S/C14H16BrFN2/c1-14(2,3)9-5-8-6-10(15)11(16)7-12(8)18-13(9)17-4/h5-7H,1-4H3,(H,17,18). The topological polar surface area (TPSA) is 24.9 Å². The first kappa shape index (κ1) is 13.3. The zero-order valence-electron chi connectivity index (χ0n) is 10.9. The fourth-order valence-electron chi connectivity index (χ4n) is 1.93. The monoisotopic (exact) mass is 310 g/mol. The van der Waals surface area contributed by atoms with Gasteiger partial charge in [0.05, 0.1) is 9.99 Å². The van der Waals surface area contributed by atoms with Crippen LogP contribution in [0.5, 0.6) is 0 Å². The second-order valence-electron chi connectivity index (χ2n) is 5.34. The van der Waals surface area contributed by atoms with Crippen LogP contribution in [0.3, 0.4) is 0 Å². The second-order valence-corrected chi connectivity index (χ2v) is 6.20. The third kappa shape index (κ3) is 2.34. The Hall–Kier alpha value is -1.16. The molecule has 1 aromatic heterocycles. The molecule has 0 aliphatic carbocycles. The normalized spacial score (nSPS) is 11.9. The summed E-state index contributed by atoms with van der Waals surface area (Å²) in [5, 5.41) is 4.02. The summed E-state index contributed by atoms with van der Waals surface area (Å²) in [4.78, 5) is 4.49. The van der Waals surface area contributed by atoms with Crippen LogP contribution in [0.25, 0.3) is 10.9 Å². The van der Waals surface area contributed by atoms with Gasteiger partial charge in [0.1, 0.15) is 11.6 Å². The molecule has 2 rings (SSSR count). The fourth-order valence-corrected chi connectivity index (χ4v) is 2.29. The predicted octanol–water partition coefficient (Wildman–Crippen LogP) is 4.48. The van der Waals surface area contributed by atoms with Crippen molar-refractivity contribution in [3.8, 4) is 0 Å². The van der Waals surface area contributed by atoms with Crippen LogP contribution in [0.4, 0.5) is 10.2 Å². The Morgan fingerprint density at radius 2 is 1.89 bits per heavy atom. The molecule has 1 aromatic carbocycles. The minimum absolute atomic E-state index is 0.0135. The maximum Gasteiger partial charge on any atom is 0.139 e. The summed E-state index contributed by atoms with van der Waals surface area (Å²) in [6, 6.07) is 5.29. The Labute approximate surface area is 115 Å². The van der Waals surface area contributed by atoms with Crippen molar-refractivity contribution in [3.63, 3.8) is 0 Å². The Kier molecular flexibility index (Phi) is 3.32. The number of nitrogens with zero attached hydrogens (tertiary/aromatic N) is 1. The highest BCUT2D eigenvalue weighted by Crippen LogP contribution is 2.32. The third-order valence-electron chi connectivity index (χ3n) is 2.90. The number of anilines is 1. The van der Waals surface area contributed by atoms with Crippen LogP contribution >= 0.6 is 15.9 Å². The molecule has 0 radical (unpaired) electrons. The first-order chi connectivity index (χ1) is 8.32. The van der Waals surface area contributed by atoms with Crippen molar-refractivity contribution in [2.75, 3.05) is 12.4 Å². The first-order valence-corrected chi connectivity index (χ1v) is 6.60.